The maximum atomic E-state index is 12.6. The topological polar surface area (TPSA) is 66.3 Å². The molecule has 0 radical (unpaired) electrons. The van der Waals surface area contributed by atoms with Crippen LogP contribution in [0.3, 0.4) is 0 Å². The molecular weight excluding hydrogens is 400 g/mol. The summed E-state index contributed by atoms with van der Waals surface area (Å²) in [5, 5.41) is 14.6. The maximum Gasteiger partial charge on any atom is 0.224 e. The van der Waals surface area contributed by atoms with Gasteiger partial charge in [-0.15, -0.1) is 10.2 Å². The quantitative estimate of drug-likeness (QED) is 0.671. The molecule has 168 valence electrons. The van der Waals surface area contributed by atoms with Crippen molar-refractivity contribution in [3.63, 3.8) is 0 Å². The number of fused-ring (bicyclic) bond motifs is 2. The number of rotatable bonds is 5. The fourth-order valence-electron chi connectivity index (χ4n) is 5.08. The van der Waals surface area contributed by atoms with Gasteiger partial charge in [-0.2, -0.15) is 0 Å². The van der Waals surface area contributed by atoms with Crippen LogP contribution in [-0.2, 0) is 30.8 Å². The first-order valence-corrected chi connectivity index (χ1v) is 11.7. The van der Waals surface area contributed by atoms with Crippen molar-refractivity contribution >= 4 is 16.7 Å². The number of carbonyl (C=O) groups is 1. The molecule has 0 bridgehead atoms. The third-order valence-corrected chi connectivity index (χ3v) is 6.89. The van der Waals surface area contributed by atoms with Gasteiger partial charge < -0.3 is 14.8 Å². The van der Waals surface area contributed by atoms with Crippen LogP contribution in [0.1, 0.15) is 30.1 Å². The lowest BCUT2D eigenvalue weighted by atomic mass is 9.98. The maximum absolute atomic E-state index is 12.6. The predicted molar refractivity (Wildman–Crippen MR) is 125 cm³/mol. The molecule has 3 heterocycles. The van der Waals surface area contributed by atoms with Crippen LogP contribution in [0.15, 0.2) is 42.5 Å². The highest BCUT2D eigenvalue weighted by molar-refractivity contribution is 5.85. The van der Waals surface area contributed by atoms with Gasteiger partial charge in [-0.05, 0) is 42.8 Å². The highest BCUT2D eigenvalue weighted by atomic mass is 16.1. The number of hydrogen-bond acceptors (Lipinski definition) is 5. The first-order valence-electron chi connectivity index (χ1n) is 11.7. The number of nitrogens with zero attached hydrogens (tertiary/aromatic N) is 5. The molecule has 0 aliphatic carbocycles. The zero-order valence-electron chi connectivity index (χ0n) is 18.8. The molecule has 1 unspecified atom stereocenters. The molecule has 1 aromatic heterocycles. The smallest absolute Gasteiger partial charge is 0.224 e. The van der Waals surface area contributed by atoms with Crippen LogP contribution in [0.5, 0.6) is 0 Å². The largest absolute Gasteiger partial charge is 0.349 e. The Morgan fingerprint density at radius 3 is 2.84 bits per heavy atom. The molecule has 2 aromatic carbocycles. The molecule has 2 aliphatic heterocycles. The van der Waals surface area contributed by atoms with Gasteiger partial charge in [-0.25, -0.2) is 0 Å². The van der Waals surface area contributed by atoms with Gasteiger partial charge in [0.05, 0.1) is 12.5 Å². The summed E-state index contributed by atoms with van der Waals surface area (Å²) in [6.45, 7) is 6.06. The van der Waals surface area contributed by atoms with E-state index in [-0.39, 0.29) is 11.8 Å². The molecule has 1 fully saturated rings. The first kappa shape index (κ1) is 21.1. The third-order valence-electron chi connectivity index (χ3n) is 6.89. The Morgan fingerprint density at radius 1 is 1.06 bits per heavy atom. The summed E-state index contributed by atoms with van der Waals surface area (Å²) >= 11 is 0. The Bertz CT molecular complexity index is 1090. The van der Waals surface area contributed by atoms with E-state index in [2.05, 4.69) is 79.4 Å². The number of benzene rings is 2. The SMILES string of the molecule is CN1CCCC(C(=O)NCc2nnc3n2CCN(Cc2cccc4ccccc24)CC3)C1. The molecule has 7 heteroatoms. The Labute approximate surface area is 189 Å². The summed E-state index contributed by atoms with van der Waals surface area (Å²) in [7, 11) is 2.09. The minimum atomic E-state index is 0.0801. The number of aromatic nitrogens is 3. The van der Waals surface area contributed by atoms with Crippen LogP contribution in [0.25, 0.3) is 10.8 Å². The number of piperidine rings is 1. The standard InChI is InChI=1S/C25H32N6O/c1-29-12-5-9-21(17-29)25(32)26-16-24-28-27-23-11-13-30(14-15-31(23)24)18-20-8-4-7-19-6-2-3-10-22(19)20/h2-4,6-8,10,21H,5,9,11-18H2,1H3,(H,26,32). The Kier molecular flexibility index (Phi) is 6.19. The molecule has 1 N–H and O–H groups in total. The van der Waals surface area contributed by atoms with Crippen LogP contribution in [0.4, 0.5) is 0 Å². The van der Waals surface area contributed by atoms with E-state index >= 15 is 0 Å². The highest BCUT2D eigenvalue weighted by Crippen LogP contribution is 2.21. The van der Waals surface area contributed by atoms with E-state index in [0.717, 1.165) is 70.2 Å². The van der Waals surface area contributed by atoms with Gasteiger partial charge in [0.2, 0.25) is 5.91 Å². The molecule has 0 spiro atoms. The molecule has 7 nitrogen and oxygen atoms in total. The second-order valence-corrected chi connectivity index (χ2v) is 9.17. The van der Waals surface area contributed by atoms with Crippen LogP contribution in [0.2, 0.25) is 0 Å². The first-order chi connectivity index (χ1) is 15.7. The van der Waals surface area contributed by atoms with Gasteiger partial charge in [-0.3, -0.25) is 9.69 Å². The van der Waals surface area contributed by atoms with Crippen LogP contribution in [0, 0.1) is 5.92 Å². The summed E-state index contributed by atoms with van der Waals surface area (Å²) in [6.07, 6.45) is 2.93. The molecule has 1 saturated heterocycles. The van der Waals surface area contributed by atoms with Crippen molar-refractivity contribution in [1.82, 2.24) is 29.9 Å². The Hall–Kier alpha value is -2.77. The number of hydrogen-bond donors (Lipinski definition) is 1. The lowest BCUT2D eigenvalue weighted by molar-refractivity contribution is -0.126. The van der Waals surface area contributed by atoms with Crippen LogP contribution < -0.4 is 5.32 Å². The van der Waals surface area contributed by atoms with E-state index in [1.54, 1.807) is 0 Å². The average molecular weight is 433 g/mol. The molecule has 32 heavy (non-hydrogen) atoms. The van der Waals surface area contributed by atoms with Gasteiger partial charge in [0.15, 0.2) is 5.82 Å². The Balaban J connectivity index is 1.21. The fraction of sp³-hybridized carbons (Fsp3) is 0.480. The highest BCUT2D eigenvalue weighted by Gasteiger charge is 2.25. The van der Waals surface area contributed by atoms with Crippen molar-refractivity contribution in [2.75, 3.05) is 33.2 Å². The van der Waals surface area contributed by atoms with Gasteiger partial charge in [0.1, 0.15) is 5.82 Å². The van der Waals surface area contributed by atoms with Crippen molar-refractivity contribution in [3.8, 4) is 0 Å². The number of carbonyl (C=O) groups excluding carboxylic acids is 1. The molecule has 1 amide bonds. The summed E-state index contributed by atoms with van der Waals surface area (Å²) < 4.78 is 2.20. The van der Waals surface area contributed by atoms with E-state index in [4.69, 9.17) is 0 Å². The van der Waals surface area contributed by atoms with Crippen molar-refractivity contribution in [2.24, 2.45) is 5.92 Å². The minimum absolute atomic E-state index is 0.0801. The fourth-order valence-corrected chi connectivity index (χ4v) is 5.08. The van der Waals surface area contributed by atoms with E-state index in [0.29, 0.717) is 6.54 Å². The number of likely N-dealkylation sites (tertiary alicyclic amines) is 1. The molecule has 1 atom stereocenters. The van der Waals surface area contributed by atoms with Crippen molar-refractivity contribution in [3.05, 3.63) is 59.7 Å². The monoisotopic (exact) mass is 432 g/mol. The summed E-state index contributed by atoms with van der Waals surface area (Å²) in [5.41, 5.74) is 1.37. The van der Waals surface area contributed by atoms with Crippen molar-refractivity contribution in [1.29, 1.82) is 0 Å². The van der Waals surface area contributed by atoms with E-state index in [1.807, 2.05) is 0 Å². The normalized spacial score (nSPS) is 20.1. The lowest BCUT2D eigenvalue weighted by Crippen LogP contribution is -2.41. The zero-order chi connectivity index (χ0) is 21.9. The van der Waals surface area contributed by atoms with Crippen molar-refractivity contribution in [2.45, 2.75) is 38.9 Å². The molecule has 3 aromatic rings. The van der Waals surface area contributed by atoms with Crippen molar-refractivity contribution < 1.29 is 4.79 Å². The zero-order valence-corrected chi connectivity index (χ0v) is 18.8. The number of amides is 1. The molecule has 5 rings (SSSR count). The lowest BCUT2D eigenvalue weighted by Gasteiger charge is -2.28. The van der Waals surface area contributed by atoms with Crippen LogP contribution >= 0.6 is 0 Å². The Morgan fingerprint density at radius 2 is 1.94 bits per heavy atom. The van der Waals surface area contributed by atoms with Gasteiger partial charge in [-0.1, -0.05) is 42.5 Å². The molecular formula is C25H32N6O. The van der Waals surface area contributed by atoms with E-state index in [9.17, 15) is 4.79 Å². The van der Waals surface area contributed by atoms with Gasteiger partial charge >= 0.3 is 0 Å². The van der Waals surface area contributed by atoms with Crippen LogP contribution in [-0.4, -0.2) is 63.7 Å². The average Bonchev–Trinajstić information content (AvgIpc) is 3.09. The predicted octanol–water partition coefficient (Wildman–Crippen LogP) is 2.45. The molecule has 2 aliphatic rings. The van der Waals surface area contributed by atoms with Gasteiger partial charge in [0, 0.05) is 39.1 Å². The van der Waals surface area contributed by atoms with E-state index < -0.39 is 0 Å². The van der Waals surface area contributed by atoms with E-state index in [1.165, 1.54) is 16.3 Å². The summed E-state index contributed by atoms with van der Waals surface area (Å²) in [5.74, 6) is 2.10. The second kappa shape index (κ2) is 9.38. The number of nitrogens with one attached hydrogen (secondary N) is 1. The summed E-state index contributed by atoms with van der Waals surface area (Å²) in [6, 6.07) is 15.1. The molecule has 0 saturated carbocycles. The summed E-state index contributed by atoms with van der Waals surface area (Å²) in [4.78, 5) is 17.4. The minimum Gasteiger partial charge on any atom is -0.349 e. The third kappa shape index (κ3) is 4.54. The van der Waals surface area contributed by atoms with Gasteiger partial charge in [0.25, 0.3) is 0 Å². The second-order valence-electron chi connectivity index (χ2n) is 9.17.